The van der Waals surface area contributed by atoms with Gasteiger partial charge in [0.1, 0.15) is 5.82 Å². The van der Waals surface area contributed by atoms with Gasteiger partial charge in [-0.15, -0.1) is 0 Å². The van der Waals surface area contributed by atoms with E-state index in [9.17, 15) is 4.39 Å². The van der Waals surface area contributed by atoms with E-state index in [0.29, 0.717) is 0 Å². The molecule has 0 spiro atoms. The van der Waals surface area contributed by atoms with E-state index in [2.05, 4.69) is 17.1 Å². The molecule has 1 N–H and O–H groups in total. The van der Waals surface area contributed by atoms with Crippen molar-refractivity contribution in [3.63, 3.8) is 0 Å². The molecule has 1 aromatic rings. The molecule has 1 aliphatic heterocycles. The topological polar surface area (TPSA) is 15.3 Å². The highest BCUT2D eigenvalue weighted by Crippen LogP contribution is 2.20. The molecule has 1 saturated heterocycles. The lowest BCUT2D eigenvalue weighted by atomic mass is 9.94. The Bertz CT molecular complexity index is 344. The predicted octanol–water partition coefficient (Wildman–Crippen LogP) is 3.04. The van der Waals surface area contributed by atoms with Crippen LogP contribution in [-0.2, 0) is 0 Å². The largest absolute Gasteiger partial charge is 0.372 e. The Hall–Kier alpha value is -1.09. The molecule has 100 valence electrons. The fourth-order valence-corrected chi connectivity index (χ4v) is 2.63. The minimum Gasteiger partial charge on any atom is -0.372 e. The maximum atomic E-state index is 12.9. The minimum absolute atomic E-state index is 0.159. The lowest BCUT2D eigenvalue weighted by molar-refractivity contribution is 0.355. The molecule has 1 aromatic carbocycles. The number of rotatable bonds is 5. The molecular formula is C15H23FN2. The first-order valence-corrected chi connectivity index (χ1v) is 7.01. The second kappa shape index (κ2) is 6.74. The van der Waals surface area contributed by atoms with Gasteiger partial charge in [-0.05, 0) is 69.5 Å². The van der Waals surface area contributed by atoms with E-state index >= 15 is 0 Å². The van der Waals surface area contributed by atoms with Gasteiger partial charge in [0, 0.05) is 18.8 Å². The van der Waals surface area contributed by atoms with Gasteiger partial charge in [0.2, 0.25) is 0 Å². The van der Waals surface area contributed by atoms with Crippen LogP contribution in [0.5, 0.6) is 0 Å². The van der Waals surface area contributed by atoms with Crippen molar-refractivity contribution in [2.45, 2.75) is 26.2 Å². The normalized spacial score (nSPS) is 16.8. The van der Waals surface area contributed by atoms with E-state index in [1.165, 1.54) is 19.3 Å². The van der Waals surface area contributed by atoms with Crippen molar-refractivity contribution < 1.29 is 4.39 Å². The molecule has 18 heavy (non-hydrogen) atoms. The summed E-state index contributed by atoms with van der Waals surface area (Å²) in [7, 11) is 0. The highest BCUT2D eigenvalue weighted by Gasteiger charge is 2.14. The average Bonchev–Trinajstić information content (AvgIpc) is 2.42. The standard InChI is InChI=1S/C15H23FN2/c1-2-18(15-5-3-14(16)4-6-15)12-9-13-7-10-17-11-8-13/h3-6,13,17H,2,7-12H2,1H3. The Morgan fingerprint density at radius 2 is 1.89 bits per heavy atom. The first kappa shape index (κ1) is 13.3. The molecule has 0 atom stereocenters. The summed E-state index contributed by atoms with van der Waals surface area (Å²) in [6.45, 7) is 6.54. The van der Waals surface area contributed by atoms with Gasteiger partial charge in [0.05, 0.1) is 0 Å². The highest BCUT2D eigenvalue weighted by molar-refractivity contribution is 5.45. The summed E-state index contributed by atoms with van der Waals surface area (Å²) in [5.41, 5.74) is 1.13. The molecule has 0 amide bonds. The number of hydrogen-bond acceptors (Lipinski definition) is 2. The van der Waals surface area contributed by atoms with E-state index in [1.807, 2.05) is 12.1 Å². The van der Waals surface area contributed by atoms with Gasteiger partial charge in [0.15, 0.2) is 0 Å². The Labute approximate surface area is 109 Å². The molecule has 0 aliphatic carbocycles. The summed E-state index contributed by atoms with van der Waals surface area (Å²) >= 11 is 0. The van der Waals surface area contributed by atoms with Crippen molar-refractivity contribution in [3.8, 4) is 0 Å². The molecule has 1 aliphatic rings. The number of nitrogens with zero attached hydrogens (tertiary/aromatic N) is 1. The monoisotopic (exact) mass is 250 g/mol. The van der Waals surface area contributed by atoms with E-state index < -0.39 is 0 Å². The van der Waals surface area contributed by atoms with Crippen LogP contribution in [0.3, 0.4) is 0 Å². The van der Waals surface area contributed by atoms with Crippen LogP contribution in [0.4, 0.5) is 10.1 Å². The molecule has 0 unspecified atom stereocenters. The van der Waals surface area contributed by atoms with Crippen LogP contribution in [0.2, 0.25) is 0 Å². The van der Waals surface area contributed by atoms with Crippen molar-refractivity contribution in [2.75, 3.05) is 31.1 Å². The zero-order valence-electron chi connectivity index (χ0n) is 11.2. The zero-order valence-corrected chi connectivity index (χ0v) is 11.2. The molecule has 0 aromatic heterocycles. The van der Waals surface area contributed by atoms with Crippen molar-refractivity contribution in [1.82, 2.24) is 5.32 Å². The summed E-state index contributed by atoms with van der Waals surface area (Å²) < 4.78 is 12.9. The third kappa shape index (κ3) is 3.70. The second-order valence-corrected chi connectivity index (χ2v) is 5.04. The Balaban J connectivity index is 1.86. The Morgan fingerprint density at radius 3 is 2.50 bits per heavy atom. The summed E-state index contributed by atoms with van der Waals surface area (Å²) in [5, 5.41) is 3.40. The van der Waals surface area contributed by atoms with E-state index in [0.717, 1.165) is 37.8 Å². The lowest BCUT2D eigenvalue weighted by Gasteiger charge is -2.28. The molecule has 0 saturated carbocycles. The minimum atomic E-state index is -0.159. The fraction of sp³-hybridized carbons (Fsp3) is 0.600. The molecule has 2 nitrogen and oxygen atoms in total. The average molecular weight is 250 g/mol. The van der Waals surface area contributed by atoms with Gasteiger partial charge in [-0.2, -0.15) is 0 Å². The van der Waals surface area contributed by atoms with Gasteiger partial charge < -0.3 is 10.2 Å². The number of anilines is 1. The number of nitrogens with one attached hydrogen (secondary N) is 1. The molecule has 0 bridgehead atoms. The SMILES string of the molecule is CCN(CCC1CCNCC1)c1ccc(F)cc1. The van der Waals surface area contributed by atoms with Crippen molar-refractivity contribution in [1.29, 1.82) is 0 Å². The third-order valence-corrected chi connectivity index (χ3v) is 3.84. The predicted molar refractivity (Wildman–Crippen MR) is 74.5 cm³/mol. The number of benzene rings is 1. The van der Waals surface area contributed by atoms with Crippen LogP contribution < -0.4 is 10.2 Å². The maximum Gasteiger partial charge on any atom is 0.123 e. The van der Waals surface area contributed by atoms with Gasteiger partial charge in [-0.25, -0.2) is 4.39 Å². The van der Waals surface area contributed by atoms with Crippen LogP contribution in [0.15, 0.2) is 24.3 Å². The van der Waals surface area contributed by atoms with Crippen molar-refractivity contribution >= 4 is 5.69 Å². The lowest BCUT2D eigenvalue weighted by Crippen LogP contribution is -2.31. The van der Waals surface area contributed by atoms with E-state index in [-0.39, 0.29) is 5.82 Å². The van der Waals surface area contributed by atoms with Crippen LogP contribution in [0.1, 0.15) is 26.2 Å². The quantitative estimate of drug-likeness (QED) is 0.864. The number of piperidine rings is 1. The maximum absolute atomic E-state index is 12.9. The molecular weight excluding hydrogens is 227 g/mol. The third-order valence-electron chi connectivity index (χ3n) is 3.84. The second-order valence-electron chi connectivity index (χ2n) is 5.04. The molecule has 1 fully saturated rings. The summed E-state index contributed by atoms with van der Waals surface area (Å²) in [4.78, 5) is 2.33. The summed E-state index contributed by atoms with van der Waals surface area (Å²) in [5.74, 6) is 0.689. The van der Waals surface area contributed by atoms with Crippen molar-refractivity contribution in [2.24, 2.45) is 5.92 Å². The molecule has 0 radical (unpaired) electrons. The van der Waals surface area contributed by atoms with E-state index in [1.54, 1.807) is 12.1 Å². The summed E-state index contributed by atoms with van der Waals surface area (Å²) in [6, 6.07) is 6.84. The Kier molecular flexibility index (Phi) is 5.00. The molecule has 3 heteroatoms. The highest BCUT2D eigenvalue weighted by atomic mass is 19.1. The first-order chi connectivity index (χ1) is 8.79. The van der Waals surface area contributed by atoms with Crippen LogP contribution in [0, 0.1) is 11.7 Å². The molecule has 1 heterocycles. The van der Waals surface area contributed by atoms with Gasteiger partial charge in [-0.3, -0.25) is 0 Å². The van der Waals surface area contributed by atoms with Gasteiger partial charge in [-0.1, -0.05) is 0 Å². The molecule has 2 rings (SSSR count). The van der Waals surface area contributed by atoms with Gasteiger partial charge >= 0.3 is 0 Å². The number of hydrogen-bond donors (Lipinski definition) is 1. The first-order valence-electron chi connectivity index (χ1n) is 7.01. The van der Waals surface area contributed by atoms with Gasteiger partial charge in [0.25, 0.3) is 0 Å². The summed E-state index contributed by atoms with van der Waals surface area (Å²) in [6.07, 6.45) is 3.83. The fourth-order valence-electron chi connectivity index (χ4n) is 2.63. The zero-order chi connectivity index (χ0) is 12.8. The number of halogens is 1. The van der Waals surface area contributed by atoms with Crippen LogP contribution in [0.25, 0.3) is 0 Å². The van der Waals surface area contributed by atoms with Crippen molar-refractivity contribution in [3.05, 3.63) is 30.1 Å². The van der Waals surface area contributed by atoms with Crippen LogP contribution in [-0.4, -0.2) is 26.2 Å². The van der Waals surface area contributed by atoms with E-state index in [4.69, 9.17) is 0 Å². The van der Waals surface area contributed by atoms with Crippen LogP contribution >= 0.6 is 0 Å². The smallest absolute Gasteiger partial charge is 0.123 e. The Morgan fingerprint density at radius 1 is 1.22 bits per heavy atom.